The van der Waals surface area contributed by atoms with E-state index in [9.17, 15) is 4.79 Å². The van der Waals surface area contributed by atoms with Gasteiger partial charge in [-0.3, -0.25) is 9.48 Å². The van der Waals surface area contributed by atoms with Crippen LogP contribution in [0.4, 0.5) is 0 Å². The minimum atomic E-state index is -0.229. The van der Waals surface area contributed by atoms with E-state index in [2.05, 4.69) is 24.3 Å². The van der Waals surface area contributed by atoms with E-state index in [1.165, 1.54) is 6.08 Å². The van der Waals surface area contributed by atoms with Crippen LogP contribution in [-0.4, -0.2) is 35.4 Å². The fourth-order valence-electron chi connectivity index (χ4n) is 2.63. The Morgan fingerprint density at radius 1 is 1.32 bits per heavy atom. The van der Waals surface area contributed by atoms with Crippen molar-refractivity contribution in [3.63, 3.8) is 0 Å². The SMILES string of the molecule is Cn1cc(/C=C\C(=O)NCC(C)(C)c2ccc3c(c2)OCCO3)cn1. The summed E-state index contributed by atoms with van der Waals surface area (Å²) in [5.41, 5.74) is 1.75. The lowest BCUT2D eigenvalue weighted by atomic mass is 9.84. The molecule has 1 aliphatic heterocycles. The average molecular weight is 341 g/mol. The van der Waals surface area contributed by atoms with Gasteiger partial charge in [-0.25, -0.2) is 0 Å². The predicted octanol–water partition coefficient (Wildman–Crippen LogP) is 2.30. The second-order valence-corrected chi connectivity index (χ2v) is 6.74. The summed E-state index contributed by atoms with van der Waals surface area (Å²) in [5.74, 6) is 1.41. The highest BCUT2D eigenvalue weighted by Crippen LogP contribution is 2.34. The van der Waals surface area contributed by atoms with Crippen LogP contribution in [0, 0.1) is 0 Å². The van der Waals surface area contributed by atoms with Crippen molar-refractivity contribution >= 4 is 12.0 Å². The molecule has 0 aliphatic carbocycles. The molecule has 1 amide bonds. The van der Waals surface area contributed by atoms with E-state index in [0.717, 1.165) is 22.6 Å². The van der Waals surface area contributed by atoms with Crippen LogP contribution >= 0.6 is 0 Å². The molecule has 6 heteroatoms. The largest absolute Gasteiger partial charge is 0.486 e. The number of hydrogen-bond donors (Lipinski definition) is 1. The summed E-state index contributed by atoms with van der Waals surface area (Å²) in [5, 5.41) is 7.02. The van der Waals surface area contributed by atoms with E-state index in [0.29, 0.717) is 19.8 Å². The summed E-state index contributed by atoms with van der Waals surface area (Å²) in [7, 11) is 1.84. The first kappa shape index (κ1) is 17.1. The first-order valence-corrected chi connectivity index (χ1v) is 8.29. The van der Waals surface area contributed by atoms with Crippen LogP contribution in [0.15, 0.2) is 36.7 Å². The van der Waals surface area contributed by atoms with Gasteiger partial charge >= 0.3 is 0 Å². The van der Waals surface area contributed by atoms with Crippen LogP contribution in [0.25, 0.3) is 6.08 Å². The Bertz CT molecular complexity index is 793. The molecular weight excluding hydrogens is 318 g/mol. The molecule has 0 atom stereocenters. The highest BCUT2D eigenvalue weighted by atomic mass is 16.6. The third-order valence-corrected chi connectivity index (χ3v) is 4.18. The number of nitrogens with one attached hydrogen (secondary N) is 1. The molecule has 3 rings (SSSR count). The van der Waals surface area contributed by atoms with Gasteiger partial charge in [0.1, 0.15) is 13.2 Å². The van der Waals surface area contributed by atoms with Gasteiger partial charge in [0, 0.05) is 36.8 Å². The van der Waals surface area contributed by atoms with Crippen LogP contribution in [0.1, 0.15) is 25.0 Å². The molecule has 0 radical (unpaired) electrons. The molecule has 2 aromatic rings. The molecular formula is C19H23N3O3. The molecule has 6 nitrogen and oxygen atoms in total. The Morgan fingerprint density at radius 3 is 2.80 bits per heavy atom. The van der Waals surface area contributed by atoms with Gasteiger partial charge in [-0.15, -0.1) is 0 Å². The Labute approximate surface area is 147 Å². The van der Waals surface area contributed by atoms with Gasteiger partial charge in [-0.1, -0.05) is 19.9 Å². The molecule has 1 N–H and O–H groups in total. The minimum absolute atomic E-state index is 0.130. The number of aromatic nitrogens is 2. The van der Waals surface area contributed by atoms with Crippen molar-refractivity contribution in [1.29, 1.82) is 0 Å². The first-order valence-electron chi connectivity index (χ1n) is 8.29. The highest BCUT2D eigenvalue weighted by molar-refractivity contribution is 5.91. The number of nitrogens with zero attached hydrogens (tertiary/aromatic N) is 2. The number of ether oxygens (including phenoxy) is 2. The summed E-state index contributed by atoms with van der Waals surface area (Å²) in [4.78, 5) is 12.1. The van der Waals surface area contributed by atoms with Gasteiger partial charge in [0.2, 0.25) is 5.91 Å². The minimum Gasteiger partial charge on any atom is -0.486 e. The fraction of sp³-hybridized carbons (Fsp3) is 0.368. The van der Waals surface area contributed by atoms with Crippen molar-refractivity contribution in [3.8, 4) is 11.5 Å². The third-order valence-electron chi connectivity index (χ3n) is 4.18. The second kappa shape index (κ2) is 7.01. The van der Waals surface area contributed by atoms with Crippen LogP contribution in [0.5, 0.6) is 11.5 Å². The smallest absolute Gasteiger partial charge is 0.244 e. The van der Waals surface area contributed by atoms with Gasteiger partial charge in [0.05, 0.1) is 6.20 Å². The summed E-state index contributed by atoms with van der Waals surface area (Å²) in [6.45, 7) is 5.83. The topological polar surface area (TPSA) is 65.4 Å². The first-order chi connectivity index (χ1) is 11.9. The average Bonchev–Trinajstić information content (AvgIpc) is 3.03. The molecule has 1 aromatic carbocycles. The van der Waals surface area contributed by atoms with Crippen molar-refractivity contribution < 1.29 is 14.3 Å². The molecule has 0 bridgehead atoms. The fourth-order valence-corrected chi connectivity index (χ4v) is 2.63. The van der Waals surface area contributed by atoms with Gasteiger partial charge < -0.3 is 14.8 Å². The molecule has 0 fully saturated rings. The number of hydrogen-bond acceptors (Lipinski definition) is 4. The molecule has 0 spiro atoms. The number of fused-ring (bicyclic) bond motifs is 1. The standard InChI is InChI=1S/C19H23N3O3/c1-19(2,15-5-6-16-17(10-15)25-9-8-24-16)13-20-18(23)7-4-14-11-21-22(3)12-14/h4-7,10-12H,8-9,13H2,1-3H3,(H,20,23)/b7-4-. The maximum atomic E-state index is 12.1. The van der Waals surface area contributed by atoms with Crippen molar-refractivity contribution in [2.45, 2.75) is 19.3 Å². The quantitative estimate of drug-likeness (QED) is 0.848. The molecule has 0 unspecified atom stereocenters. The maximum absolute atomic E-state index is 12.1. The van der Waals surface area contributed by atoms with Crippen molar-refractivity contribution in [2.24, 2.45) is 7.05 Å². The number of carbonyl (C=O) groups excluding carboxylic acids is 1. The molecule has 132 valence electrons. The van der Waals surface area contributed by atoms with E-state index in [4.69, 9.17) is 9.47 Å². The Hall–Kier alpha value is -2.76. The van der Waals surface area contributed by atoms with E-state index in [1.807, 2.05) is 31.4 Å². The van der Waals surface area contributed by atoms with E-state index < -0.39 is 0 Å². The lowest BCUT2D eigenvalue weighted by Gasteiger charge is -2.27. The lowest BCUT2D eigenvalue weighted by Crippen LogP contribution is -2.36. The molecule has 1 aromatic heterocycles. The van der Waals surface area contributed by atoms with E-state index in [1.54, 1.807) is 17.0 Å². The number of rotatable bonds is 5. The maximum Gasteiger partial charge on any atom is 0.244 e. The Morgan fingerprint density at radius 2 is 2.08 bits per heavy atom. The number of benzene rings is 1. The number of amides is 1. The monoisotopic (exact) mass is 341 g/mol. The zero-order valence-corrected chi connectivity index (χ0v) is 14.8. The molecule has 1 aliphatic rings. The third kappa shape index (κ3) is 4.21. The molecule has 0 saturated carbocycles. The van der Waals surface area contributed by atoms with E-state index in [-0.39, 0.29) is 11.3 Å². The number of carbonyl (C=O) groups is 1. The Kier molecular flexibility index (Phi) is 4.79. The summed E-state index contributed by atoms with van der Waals surface area (Å²) < 4.78 is 12.9. The Balaban J connectivity index is 1.61. The zero-order chi connectivity index (χ0) is 17.9. The predicted molar refractivity (Wildman–Crippen MR) is 95.7 cm³/mol. The molecule has 25 heavy (non-hydrogen) atoms. The van der Waals surface area contributed by atoms with Gasteiger partial charge in [-0.2, -0.15) is 5.10 Å². The molecule has 2 heterocycles. The normalized spacial score (nSPS) is 13.9. The zero-order valence-electron chi connectivity index (χ0n) is 14.8. The van der Waals surface area contributed by atoms with Crippen molar-refractivity contribution in [1.82, 2.24) is 15.1 Å². The van der Waals surface area contributed by atoms with Crippen LogP contribution < -0.4 is 14.8 Å². The summed E-state index contributed by atoms with van der Waals surface area (Å²) >= 11 is 0. The summed E-state index contributed by atoms with van der Waals surface area (Å²) in [6.07, 6.45) is 6.84. The number of aryl methyl sites for hydroxylation is 1. The second-order valence-electron chi connectivity index (χ2n) is 6.74. The van der Waals surface area contributed by atoms with Crippen LogP contribution in [-0.2, 0) is 17.3 Å². The van der Waals surface area contributed by atoms with Crippen molar-refractivity contribution in [2.75, 3.05) is 19.8 Å². The van der Waals surface area contributed by atoms with Gasteiger partial charge in [-0.05, 0) is 23.8 Å². The highest BCUT2D eigenvalue weighted by Gasteiger charge is 2.23. The van der Waals surface area contributed by atoms with E-state index >= 15 is 0 Å². The lowest BCUT2D eigenvalue weighted by molar-refractivity contribution is -0.116. The van der Waals surface area contributed by atoms with Crippen LogP contribution in [0.2, 0.25) is 0 Å². The van der Waals surface area contributed by atoms with Crippen molar-refractivity contribution in [3.05, 3.63) is 47.8 Å². The van der Waals surface area contributed by atoms with Crippen LogP contribution in [0.3, 0.4) is 0 Å². The van der Waals surface area contributed by atoms with Gasteiger partial charge in [0.25, 0.3) is 0 Å². The summed E-state index contributed by atoms with van der Waals surface area (Å²) in [6, 6.07) is 5.94. The van der Waals surface area contributed by atoms with Gasteiger partial charge in [0.15, 0.2) is 11.5 Å². The molecule has 0 saturated heterocycles.